The monoisotopic (exact) mass is 452 g/mol. The second-order valence-electron chi connectivity index (χ2n) is 8.04. The molecule has 1 unspecified atom stereocenters. The van der Waals surface area contributed by atoms with Gasteiger partial charge >= 0.3 is 0 Å². The van der Waals surface area contributed by atoms with Crippen molar-refractivity contribution in [2.75, 3.05) is 14.2 Å². The van der Waals surface area contributed by atoms with E-state index in [9.17, 15) is 0 Å². The highest BCUT2D eigenvalue weighted by Gasteiger charge is 2.42. The molecular formula is C29H25O3P. The maximum Gasteiger partial charge on any atom is 0.168 e. The van der Waals surface area contributed by atoms with E-state index in [1.165, 1.54) is 0 Å². The highest BCUT2D eigenvalue weighted by molar-refractivity contribution is 7.83. The molecule has 1 aliphatic heterocycles. The first-order valence-electron chi connectivity index (χ1n) is 10.9. The Morgan fingerprint density at radius 3 is 1.94 bits per heavy atom. The van der Waals surface area contributed by atoms with Gasteiger partial charge in [-0.3, -0.25) is 0 Å². The van der Waals surface area contributed by atoms with Crippen LogP contribution in [0.25, 0.3) is 5.57 Å². The predicted molar refractivity (Wildman–Crippen MR) is 135 cm³/mol. The Morgan fingerprint density at radius 1 is 0.697 bits per heavy atom. The zero-order valence-electron chi connectivity index (χ0n) is 18.7. The van der Waals surface area contributed by atoms with E-state index in [2.05, 4.69) is 24.3 Å². The van der Waals surface area contributed by atoms with Gasteiger partial charge in [0.05, 0.1) is 14.2 Å². The van der Waals surface area contributed by atoms with Crippen LogP contribution < -0.4 is 20.1 Å². The van der Waals surface area contributed by atoms with E-state index in [1.54, 1.807) is 14.2 Å². The molecular weight excluding hydrogens is 427 g/mol. The Hall–Kier alpha value is -3.55. The number of benzene rings is 4. The van der Waals surface area contributed by atoms with Crippen LogP contribution in [-0.2, 0) is 11.0 Å². The van der Waals surface area contributed by atoms with Gasteiger partial charge in [-0.2, -0.15) is 0 Å². The lowest BCUT2D eigenvalue weighted by molar-refractivity contribution is 0.415. The van der Waals surface area contributed by atoms with Gasteiger partial charge in [0.2, 0.25) is 0 Å². The normalized spacial score (nSPS) is 17.0. The van der Waals surface area contributed by atoms with Crippen molar-refractivity contribution in [2.45, 2.75) is 6.42 Å². The van der Waals surface area contributed by atoms with Crippen LogP contribution in [0.4, 0.5) is 0 Å². The van der Waals surface area contributed by atoms with Crippen LogP contribution in [0.1, 0.15) is 16.7 Å². The van der Waals surface area contributed by atoms with Gasteiger partial charge in [-0.05, 0) is 64.7 Å². The number of ether oxygens (including phenoxy) is 2. The minimum Gasteiger partial charge on any atom is -0.497 e. The molecule has 0 spiro atoms. The molecule has 5 rings (SSSR count). The summed E-state index contributed by atoms with van der Waals surface area (Å²) in [7, 11) is 0.148. The van der Waals surface area contributed by atoms with Gasteiger partial charge < -0.3 is 14.0 Å². The van der Waals surface area contributed by atoms with Gasteiger partial charge in [-0.25, -0.2) is 0 Å². The maximum atomic E-state index is 15.3. The van der Waals surface area contributed by atoms with Gasteiger partial charge in [-0.1, -0.05) is 60.7 Å². The average Bonchev–Trinajstić information content (AvgIpc) is 3.13. The summed E-state index contributed by atoms with van der Waals surface area (Å²) in [4.78, 5) is 0. The average molecular weight is 452 g/mol. The molecule has 0 aliphatic carbocycles. The third-order valence-electron chi connectivity index (χ3n) is 6.20. The van der Waals surface area contributed by atoms with Crippen molar-refractivity contribution in [3.8, 4) is 11.5 Å². The lowest BCUT2D eigenvalue weighted by Gasteiger charge is -2.20. The van der Waals surface area contributed by atoms with Gasteiger partial charge in [0, 0.05) is 22.3 Å². The maximum absolute atomic E-state index is 15.3. The van der Waals surface area contributed by atoms with E-state index in [-0.39, 0.29) is 0 Å². The molecule has 4 aromatic carbocycles. The molecule has 1 heterocycles. The molecule has 0 saturated carbocycles. The number of allylic oxidation sites excluding steroid dienone is 1. The van der Waals surface area contributed by atoms with Crippen molar-refractivity contribution in [3.05, 3.63) is 125 Å². The minimum absolute atomic E-state index is 0.603. The standard InChI is InChI=1S/C29H25O3P/c1-31-23-13-16-25(17-14-23)33(30)27-20-24(32-2)15-18-26(27)29(22-11-7-4-8-12-22)28(33)19-21-9-5-3-6-10-21/h3-18,20H,19H2,1-2H3. The molecule has 1 aliphatic rings. The largest absolute Gasteiger partial charge is 0.497 e. The van der Waals surface area contributed by atoms with Gasteiger partial charge in [-0.15, -0.1) is 0 Å². The lowest BCUT2D eigenvalue weighted by Crippen LogP contribution is -2.17. The van der Waals surface area contributed by atoms with Crippen LogP contribution in [-0.4, -0.2) is 14.2 Å². The van der Waals surface area contributed by atoms with E-state index >= 15 is 4.57 Å². The molecule has 0 fully saturated rings. The number of hydrogen-bond acceptors (Lipinski definition) is 3. The Kier molecular flexibility index (Phi) is 5.66. The third kappa shape index (κ3) is 3.69. The lowest BCUT2D eigenvalue weighted by atomic mass is 9.96. The molecule has 33 heavy (non-hydrogen) atoms. The van der Waals surface area contributed by atoms with Gasteiger partial charge in [0.1, 0.15) is 11.5 Å². The first-order chi connectivity index (χ1) is 16.1. The Bertz CT molecular complexity index is 1360. The number of hydrogen-bond donors (Lipinski definition) is 0. The smallest absolute Gasteiger partial charge is 0.168 e. The van der Waals surface area contributed by atoms with Crippen LogP contribution in [0.15, 0.2) is 108 Å². The highest BCUT2D eigenvalue weighted by atomic mass is 31.2. The molecule has 1 atom stereocenters. The zero-order valence-corrected chi connectivity index (χ0v) is 19.6. The Balaban J connectivity index is 1.82. The van der Waals surface area contributed by atoms with Crippen molar-refractivity contribution >= 4 is 23.3 Å². The van der Waals surface area contributed by atoms with Gasteiger partial charge in [0.25, 0.3) is 0 Å². The quantitative estimate of drug-likeness (QED) is 0.335. The molecule has 3 nitrogen and oxygen atoms in total. The first-order valence-corrected chi connectivity index (χ1v) is 12.6. The molecule has 0 saturated heterocycles. The van der Waals surface area contributed by atoms with Gasteiger partial charge in [0.15, 0.2) is 7.14 Å². The van der Waals surface area contributed by atoms with E-state index in [0.717, 1.165) is 43.9 Å². The summed E-state index contributed by atoms with van der Waals surface area (Å²) in [5.74, 6) is 1.45. The van der Waals surface area contributed by atoms with Crippen LogP contribution in [0.5, 0.6) is 11.5 Å². The molecule has 0 aromatic heterocycles. The predicted octanol–water partition coefficient (Wildman–Crippen LogP) is 6.03. The molecule has 4 aromatic rings. The Morgan fingerprint density at radius 2 is 1.30 bits per heavy atom. The summed E-state index contributed by atoms with van der Waals surface area (Å²) in [5.41, 5.74) is 4.26. The van der Waals surface area contributed by atoms with Crippen molar-refractivity contribution in [2.24, 2.45) is 0 Å². The van der Waals surface area contributed by atoms with Crippen LogP contribution >= 0.6 is 7.14 Å². The van der Waals surface area contributed by atoms with Crippen LogP contribution in [0.3, 0.4) is 0 Å². The zero-order chi connectivity index (χ0) is 22.8. The highest BCUT2D eigenvalue weighted by Crippen LogP contribution is 2.62. The van der Waals surface area contributed by atoms with Crippen molar-refractivity contribution < 1.29 is 14.0 Å². The number of fused-ring (bicyclic) bond motifs is 1. The molecule has 0 amide bonds. The topological polar surface area (TPSA) is 35.5 Å². The summed E-state index contributed by atoms with van der Waals surface area (Å²) < 4.78 is 26.2. The fourth-order valence-corrected chi connectivity index (χ4v) is 7.83. The minimum atomic E-state index is -3.14. The van der Waals surface area contributed by atoms with Crippen LogP contribution in [0.2, 0.25) is 0 Å². The Labute approximate surface area is 194 Å². The summed E-state index contributed by atoms with van der Waals surface area (Å²) in [6, 6.07) is 34.1. The molecule has 0 radical (unpaired) electrons. The fraction of sp³-hybridized carbons (Fsp3) is 0.103. The van der Waals surface area contributed by atoms with Crippen molar-refractivity contribution in [1.82, 2.24) is 0 Å². The number of rotatable bonds is 6. The molecule has 0 bridgehead atoms. The fourth-order valence-electron chi connectivity index (χ4n) is 4.57. The van der Waals surface area contributed by atoms with Crippen LogP contribution in [0, 0.1) is 0 Å². The van der Waals surface area contributed by atoms with Crippen molar-refractivity contribution in [3.63, 3.8) is 0 Å². The second kappa shape index (κ2) is 8.77. The first kappa shape index (κ1) is 21.3. The van der Waals surface area contributed by atoms with Crippen molar-refractivity contribution in [1.29, 1.82) is 0 Å². The summed E-state index contributed by atoms with van der Waals surface area (Å²) in [6.07, 6.45) is 0.603. The van der Waals surface area contributed by atoms with E-state index in [4.69, 9.17) is 9.47 Å². The summed E-state index contributed by atoms with van der Waals surface area (Å²) >= 11 is 0. The summed E-state index contributed by atoms with van der Waals surface area (Å²) in [6.45, 7) is 0. The second-order valence-corrected chi connectivity index (χ2v) is 10.8. The number of methoxy groups -OCH3 is 2. The van der Waals surface area contributed by atoms with E-state index in [0.29, 0.717) is 12.2 Å². The van der Waals surface area contributed by atoms with E-state index in [1.807, 2.05) is 78.9 Å². The molecule has 4 heteroatoms. The molecule has 0 N–H and O–H groups in total. The third-order valence-corrected chi connectivity index (χ3v) is 9.41. The SMILES string of the molecule is COc1ccc(P2(=O)C(Cc3ccccc3)=C(c3ccccc3)c3ccc(OC)cc32)cc1. The van der Waals surface area contributed by atoms with E-state index < -0.39 is 7.14 Å². The molecule has 164 valence electrons. The summed E-state index contributed by atoms with van der Waals surface area (Å²) in [5, 5.41) is 2.58.